The second-order valence-corrected chi connectivity index (χ2v) is 5.07. The first-order chi connectivity index (χ1) is 7.22. The number of aromatic nitrogens is 2. The van der Waals surface area contributed by atoms with Gasteiger partial charge in [0.1, 0.15) is 5.82 Å². The average Bonchev–Trinajstić information content (AvgIpc) is 2.62. The fraction of sp³-hybridized carbons (Fsp3) is 0.727. The molecule has 0 aliphatic rings. The van der Waals surface area contributed by atoms with Crippen molar-refractivity contribution >= 4 is 11.8 Å². The van der Waals surface area contributed by atoms with E-state index in [9.17, 15) is 0 Å². The van der Waals surface area contributed by atoms with E-state index in [1.807, 2.05) is 18.0 Å². The number of rotatable bonds is 7. The molecule has 0 aliphatic heterocycles. The number of H-pyrrole nitrogens is 1. The smallest absolute Gasteiger partial charge is 0.116 e. The van der Waals surface area contributed by atoms with Crippen molar-refractivity contribution < 1.29 is 0 Å². The quantitative estimate of drug-likeness (QED) is 0.751. The van der Waals surface area contributed by atoms with Gasteiger partial charge in [0.15, 0.2) is 0 Å². The Balaban J connectivity index is 2.26. The van der Waals surface area contributed by atoms with Crippen LogP contribution in [-0.4, -0.2) is 22.3 Å². The van der Waals surface area contributed by atoms with Gasteiger partial charge in [0.2, 0.25) is 0 Å². The van der Waals surface area contributed by atoms with Gasteiger partial charge in [-0.3, -0.25) is 0 Å². The van der Waals surface area contributed by atoms with Crippen LogP contribution in [-0.2, 0) is 12.3 Å². The van der Waals surface area contributed by atoms with Crippen LogP contribution >= 0.6 is 11.8 Å². The van der Waals surface area contributed by atoms with Crippen LogP contribution in [0.15, 0.2) is 6.20 Å². The predicted octanol–water partition coefficient (Wildman–Crippen LogP) is 2.41. The summed E-state index contributed by atoms with van der Waals surface area (Å²) in [6.07, 6.45) is 1.92. The standard InChI is InChI=1S/C11H21N3S/c1-4-12-5-10-6-13-11(14-10)8-15-7-9(2)3/h6,9,12H,4-5,7-8H2,1-3H3,(H,13,14). The maximum absolute atomic E-state index is 4.35. The number of imidazole rings is 1. The van der Waals surface area contributed by atoms with E-state index in [2.05, 4.69) is 36.1 Å². The largest absolute Gasteiger partial charge is 0.344 e. The molecule has 15 heavy (non-hydrogen) atoms. The molecule has 0 saturated heterocycles. The van der Waals surface area contributed by atoms with Crippen molar-refractivity contribution in [1.29, 1.82) is 0 Å². The minimum absolute atomic E-state index is 0.756. The molecule has 1 rings (SSSR count). The molecule has 0 saturated carbocycles. The summed E-state index contributed by atoms with van der Waals surface area (Å²) in [6.45, 7) is 8.47. The maximum Gasteiger partial charge on any atom is 0.116 e. The second-order valence-electron chi connectivity index (χ2n) is 4.04. The van der Waals surface area contributed by atoms with Crippen LogP contribution in [0.5, 0.6) is 0 Å². The molecular formula is C11H21N3S. The van der Waals surface area contributed by atoms with E-state index in [4.69, 9.17) is 0 Å². The number of nitrogens with zero attached hydrogens (tertiary/aromatic N) is 1. The van der Waals surface area contributed by atoms with Gasteiger partial charge in [-0.2, -0.15) is 11.8 Å². The van der Waals surface area contributed by atoms with Crippen LogP contribution in [0.25, 0.3) is 0 Å². The van der Waals surface area contributed by atoms with Crippen molar-refractivity contribution in [3.8, 4) is 0 Å². The highest BCUT2D eigenvalue weighted by Gasteiger charge is 2.01. The van der Waals surface area contributed by atoms with Gasteiger partial charge in [-0.15, -0.1) is 0 Å². The average molecular weight is 227 g/mol. The van der Waals surface area contributed by atoms with Gasteiger partial charge in [0, 0.05) is 18.4 Å². The Morgan fingerprint density at radius 2 is 2.33 bits per heavy atom. The summed E-state index contributed by atoms with van der Waals surface area (Å²) in [5.41, 5.74) is 1.18. The molecule has 3 nitrogen and oxygen atoms in total. The Morgan fingerprint density at radius 1 is 1.53 bits per heavy atom. The summed E-state index contributed by atoms with van der Waals surface area (Å²) < 4.78 is 0. The fourth-order valence-corrected chi connectivity index (χ4v) is 2.15. The van der Waals surface area contributed by atoms with Gasteiger partial charge < -0.3 is 10.3 Å². The molecule has 2 N–H and O–H groups in total. The van der Waals surface area contributed by atoms with Crippen molar-refractivity contribution in [2.45, 2.75) is 33.1 Å². The van der Waals surface area contributed by atoms with E-state index < -0.39 is 0 Å². The molecule has 0 unspecified atom stereocenters. The third kappa shape index (κ3) is 5.23. The van der Waals surface area contributed by atoms with Crippen molar-refractivity contribution in [2.75, 3.05) is 12.3 Å². The predicted molar refractivity (Wildman–Crippen MR) is 67.0 cm³/mol. The van der Waals surface area contributed by atoms with Gasteiger partial charge >= 0.3 is 0 Å². The first-order valence-corrected chi connectivity index (χ1v) is 6.69. The van der Waals surface area contributed by atoms with Crippen molar-refractivity contribution in [3.05, 3.63) is 17.7 Å². The first-order valence-electron chi connectivity index (χ1n) is 5.53. The molecule has 0 aliphatic carbocycles. The zero-order valence-corrected chi connectivity index (χ0v) is 10.7. The van der Waals surface area contributed by atoms with E-state index in [1.54, 1.807) is 0 Å². The maximum atomic E-state index is 4.35. The normalized spacial score (nSPS) is 11.2. The summed E-state index contributed by atoms with van der Waals surface area (Å²) in [5.74, 6) is 4.04. The van der Waals surface area contributed by atoms with Gasteiger partial charge in [-0.25, -0.2) is 4.98 Å². The Kier molecular flexibility index (Phi) is 5.79. The van der Waals surface area contributed by atoms with E-state index in [0.717, 1.165) is 30.6 Å². The molecule has 1 heterocycles. The van der Waals surface area contributed by atoms with E-state index in [0.29, 0.717) is 0 Å². The van der Waals surface area contributed by atoms with Gasteiger partial charge in [-0.1, -0.05) is 20.8 Å². The molecule has 0 radical (unpaired) electrons. The number of aromatic amines is 1. The Labute approximate surface area is 96.5 Å². The lowest BCUT2D eigenvalue weighted by Gasteiger charge is -2.02. The number of thioether (sulfide) groups is 1. The van der Waals surface area contributed by atoms with Crippen molar-refractivity contribution in [3.63, 3.8) is 0 Å². The molecule has 0 aromatic carbocycles. The topological polar surface area (TPSA) is 40.7 Å². The van der Waals surface area contributed by atoms with Gasteiger partial charge in [0.25, 0.3) is 0 Å². The third-order valence-electron chi connectivity index (χ3n) is 1.94. The summed E-state index contributed by atoms with van der Waals surface area (Å²) in [5, 5.41) is 3.27. The van der Waals surface area contributed by atoms with E-state index >= 15 is 0 Å². The van der Waals surface area contributed by atoms with Crippen LogP contribution < -0.4 is 5.32 Å². The zero-order chi connectivity index (χ0) is 11.1. The second kappa shape index (κ2) is 6.90. The lowest BCUT2D eigenvalue weighted by Crippen LogP contribution is -2.11. The fourth-order valence-electron chi connectivity index (χ4n) is 1.22. The third-order valence-corrected chi connectivity index (χ3v) is 3.32. The Bertz CT molecular complexity index is 271. The van der Waals surface area contributed by atoms with Crippen molar-refractivity contribution in [1.82, 2.24) is 15.3 Å². The van der Waals surface area contributed by atoms with Gasteiger partial charge in [0.05, 0.1) is 5.75 Å². The monoisotopic (exact) mass is 227 g/mol. The van der Waals surface area contributed by atoms with Crippen molar-refractivity contribution in [2.24, 2.45) is 5.92 Å². The van der Waals surface area contributed by atoms with E-state index in [1.165, 1.54) is 11.4 Å². The van der Waals surface area contributed by atoms with E-state index in [-0.39, 0.29) is 0 Å². The molecular weight excluding hydrogens is 206 g/mol. The molecule has 86 valence electrons. The Morgan fingerprint density at radius 3 is 3.00 bits per heavy atom. The highest BCUT2D eigenvalue weighted by Crippen LogP contribution is 2.12. The molecule has 0 fully saturated rings. The highest BCUT2D eigenvalue weighted by molar-refractivity contribution is 7.98. The number of nitrogens with one attached hydrogen (secondary N) is 2. The molecule has 0 atom stereocenters. The summed E-state index contributed by atoms with van der Waals surface area (Å²) >= 11 is 1.94. The number of hydrogen-bond donors (Lipinski definition) is 2. The minimum atomic E-state index is 0.756. The molecule has 0 spiro atoms. The van der Waals surface area contributed by atoms with Crippen LogP contribution in [0, 0.1) is 5.92 Å². The SMILES string of the molecule is CCNCc1cnc(CSCC(C)C)[nH]1. The summed E-state index contributed by atoms with van der Waals surface area (Å²) in [6, 6.07) is 0. The minimum Gasteiger partial charge on any atom is -0.344 e. The first kappa shape index (κ1) is 12.6. The zero-order valence-electron chi connectivity index (χ0n) is 9.84. The lowest BCUT2D eigenvalue weighted by atomic mass is 10.3. The van der Waals surface area contributed by atoms with Crippen LogP contribution in [0.4, 0.5) is 0 Å². The molecule has 4 heteroatoms. The summed E-state index contributed by atoms with van der Waals surface area (Å²) in [4.78, 5) is 7.68. The Hall–Kier alpha value is -0.480. The number of hydrogen-bond acceptors (Lipinski definition) is 3. The molecule has 1 aromatic heterocycles. The molecule has 0 bridgehead atoms. The van der Waals surface area contributed by atoms with Gasteiger partial charge in [-0.05, 0) is 18.2 Å². The summed E-state index contributed by atoms with van der Waals surface area (Å²) in [7, 11) is 0. The molecule has 1 aromatic rings. The van der Waals surface area contributed by atoms with Crippen LogP contribution in [0.1, 0.15) is 32.3 Å². The highest BCUT2D eigenvalue weighted by atomic mass is 32.2. The molecule has 0 amide bonds. The lowest BCUT2D eigenvalue weighted by molar-refractivity contribution is 0.713. The van der Waals surface area contributed by atoms with Crippen LogP contribution in [0.3, 0.4) is 0 Å². The van der Waals surface area contributed by atoms with Crippen LogP contribution in [0.2, 0.25) is 0 Å².